The molecule has 0 heterocycles. The summed E-state index contributed by atoms with van der Waals surface area (Å²) >= 11 is 5.32. The summed E-state index contributed by atoms with van der Waals surface area (Å²) in [5.74, 6) is 0. The van der Waals surface area contributed by atoms with Gasteiger partial charge in [0, 0.05) is 6.42 Å². The fraction of sp³-hybridized carbons (Fsp3) is 0.300. The van der Waals surface area contributed by atoms with E-state index in [9.17, 15) is 4.79 Å². The molecule has 0 spiro atoms. The van der Waals surface area contributed by atoms with Crippen LogP contribution in [0.3, 0.4) is 0 Å². The van der Waals surface area contributed by atoms with Crippen LogP contribution in [0.2, 0.25) is 0 Å². The van der Waals surface area contributed by atoms with Crippen LogP contribution < -0.4 is 0 Å². The van der Waals surface area contributed by atoms with Crippen molar-refractivity contribution < 1.29 is 4.79 Å². The van der Waals surface area contributed by atoms with Gasteiger partial charge in [-0.3, -0.25) is 4.79 Å². The van der Waals surface area contributed by atoms with Crippen molar-refractivity contribution in [2.24, 2.45) is 0 Å². The van der Waals surface area contributed by atoms with Crippen molar-refractivity contribution in [3.8, 4) is 0 Å². The molecule has 1 nitrogen and oxygen atoms in total. The van der Waals surface area contributed by atoms with Gasteiger partial charge in [-0.25, -0.2) is 0 Å². The van der Waals surface area contributed by atoms with Gasteiger partial charge in [-0.05, 0) is 42.1 Å². The molecule has 1 aromatic rings. The van der Waals surface area contributed by atoms with Crippen LogP contribution >= 0.6 is 11.6 Å². The molecule has 2 heteroatoms. The molecule has 1 rings (SSSR count). The van der Waals surface area contributed by atoms with Gasteiger partial charge in [-0.15, -0.1) is 0 Å². The van der Waals surface area contributed by atoms with Crippen LogP contribution in [0.15, 0.2) is 18.2 Å². The first-order valence-corrected chi connectivity index (χ1v) is 4.22. The normalized spacial score (nSPS) is 9.92. The molecule has 0 radical (unpaired) electrons. The van der Waals surface area contributed by atoms with E-state index in [0.29, 0.717) is 6.42 Å². The van der Waals surface area contributed by atoms with E-state index in [1.54, 1.807) is 0 Å². The molecule has 1 aromatic carbocycles. The molecule has 0 aliphatic heterocycles. The first-order valence-electron chi connectivity index (χ1n) is 3.84. The van der Waals surface area contributed by atoms with E-state index in [1.807, 2.05) is 32.0 Å². The van der Waals surface area contributed by atoms with Crippen molar-refractivity contribution in [2.45, 2.75) is 20.3 Å². The van der Waals surface area contributed by atoms with Crippen molar-refractivity contribution in [3.63, 3.8) is 0 Å². The summed E-state index contributed by atoms with van der Waals surface area (Å²) < 4.78 is 0. The summed E-state index contributed by atoms with van der Waals surface area (Å²) in [6.45, 7) is 3.98. The van der Waals surface area contributed by atoms with E-state index >= 15 is 0 Å². The fourth-order valence-electron chi connectivity index (χ4n) is 1.27. The molecule has 0 aliphatic carbocycles. The first kappa shape index (κ1) is 9.27. The van der Waals surface area contributed by atoms with E-state index in [0.717, 1.165) is 16.7 Å². The summed E-state index contributed by atoms with van der Waals surface area (Å²) in [6.07, 6.45) is 0.333. The Labute approximate surface area is 77.4 Å². The number of carbonyl (C=O) groups excluding carboxylic acids is 1. The number of benzene rings is 1. The summed E-state index contributed by atoms with van der Waals surface area (Å²) in [4.78, 5) is 10.7. The van der Waals surface area contributed by atoms with Crippen molar-refractivity contribution in [3.05, 3.63) is 34.9 Å². The summed E-state index contributed by atoms with van der Waals surface area (Å²) in [7, 11) is 0. The van der Waals surface area contributed by atoms with Crippen molar-refractivity contribution >= 4 is 16.8 Å². The third-order valence-electron chi connectivity index (χ3n) is 1.96. The van der Waals surface area contributed by atoms with Crippen molar-refractivity contribution in [1.29, 1.82) is 0 Å². The summed E-state index contributed by atoms with van der Waals surface area (Å²) in [5.41, 5.74) is 3.31. The number of halogens is 1. The molecule has 0 saturated carbocycles. The molecular weight excluding hydrogens is 172 g/mol. The Morgan fingerprint density at radius 3 is 2.25 bits per heavy atom. The molecule has 12 heavy (non-hydrogen) atoms. The highest BCUT2D eigenvalue weighted by atomic mass is 35.5. The van der Waals surface area contributed by atoms with Crippen LogP contribution in [0.1, 0.15) is 16.7 Å². The lowest BCUT2D eigenvalue weighted by Crippen LogP contribution is -1.98. The Balaban J connectivity index is 3.04. The maximum Gasteiger partial charge on any atom is 0.226 e. The number of aryl methyl sites for hydroxylation is 2. The SMILES string of the molecule is Cc1cccc(C)c1CC(=O)Cl. The summed E-state index contributed by atoms with van der Waals surface area (Å²) in [5, 5.41) is -0.299. The second-order valence-corrected chi connectivity index (χ2v) is 3.32. The number of hydrogen-bond donors (Lipinski definition) is 0. The van der Waals surface area contributed by atoms with Crippen LogP contribution in [-0.4, -0.2) is 5.24 Å². The van der Waals surface area contributed by atoms with E-state index in [-0.39, 0.29) is 5.24 Å². The highest BCUT2D eigenvalue weighted by molar-refractivity contribution is 6.63. The molecule has 0 aliphatic rings. The molecule has 0 amide bonds. The van der Waals surface area contributed by atoms with Crippen molar-refractivity contribution in [2.75, 3.05) is 0 Å². The van der Waals surface area contributed by atoms with E-state index < -0.39 is 0 Å². The molecular formula is C10H11ClO. The fourth-order valence-corrected chi connectivity index (χ4v) is 1.40. The number of carbonyl (C=O) groups is 1. The third kappa shape index (κ3) is 2.08. The largest absolute Gasteiger partial charge is 0.281 e. The lowest BCUT2D eigenvalue weighted by molar-refractivity contribution is -0.111. The second-order valence-electron chi connectivity index (χ2n) is 2.90. The molecule has 0 fully saturated rings. The minimum absolute atomic E-state index is 0.299. The molecule has 64 valence electrons. The van der Waals surface area contributed by atoms with E-state index in [4.69, 9.17) is 11.6 Å². The van der Waals surface area contributed by atoms with Gasteiger partial charge in [0.15, 0.2) is 0 Å². The average Bonchev–Trinajstić information content (AvgIpc) is 1.97. The summed E-state index contributed by atoms with van der Waals surface area (Å²) in [6, 6.07) is 5.96. The zero-order valence-electron chi connectivity index (χ0n) is 7.23. The maximum atomic E-state index is 10.7. The van der Waals surface area contributed by atoms with Gasteiger partial charge < -0.3 is 0 Å². The van der Waals surface area contributed by atoms with Gasteiger partial charge in [0.05, 0.1) is 0 Å². The first-order chi connectivity index (χ1) is 5.61. The van der Waals surface area contributed by atoms with Gasteiger partial charge in [-0.2, -0.15) is 0 Å². The minimum atomic E-state index is -0.299. The Hall–Kier alpha value is -0.820. The van der Waals surface area contributed by atoms with Gasteiger partial charge in [0.1, 0.15) is 0 Å². The number of rotatable bonds is 2. The topological polar surface area (TPSA) is 17.1 Å². The molecule has 0 bridgehead atoms. The lowest BCUT2D eigenvalue weighted by atomic mass is 10.0. The smallest absolute Gasteiger partial charge is 0.226 e. The molecule has 0 N–H and O–H groups in total. The standard InChI is InChI=1S/C10H11ClO/c1-7-4-3-5-8(2)9(7)6-10(11)12/h3-5H,6H2,1-2H3. The van der Waals surface area contributed by atoms with Crippen LogP contribution in [0.5, 0.6) is 0 Å². The van der Waals surface area contributed by atoms with Gasteiger partial charge >= 0.3 is 0 Å². The third-order valence-corrected chi connectivity index (χ3v) is 2.09. The maximum absolute atomic E-state index is 10.7. The molecule has 0 aromatic heterocycles. The highest BCUT2D eigenvalue weighted by Crippen LogP contribution is 2.14. The van der Waals surface area contributed by atoms with Crippen LogP contribution in [0, 0.1) is 13.8 Å². The predicted molar refractivity (Wildman–Crippen MR) is 50.5 cm³/mol. The monoisotopic (exact) mass is 182 g/mol. The minimum Gasteiger partial charge on any atom is -0.281 e. The Bertz CT molecular complexity index is 284. The Morgan fingerprint density at radius 2 is 1.83 bits per heavy atom. The zero-order valence-corrected chi connectivity index (χ0v) is 7.98. The number of hydrogen-bond acceptors (Lipinski definition) is 1. The molecule has 0 atom stereocenters. The van der Waals surface area contributed by atoms with Crippen molar-refractivity contribution in [1.82, 2.24) is 0 Å². The van der Waals surface area contributed by atoms with Crippen LogP contribution in [0.4, 0.5) is 0 Å². The average molecular weight is 183 g/mol. The lowest BCUT2D eigenvalue weighted by Gasteiger charge is -2.05. The predicted octanol–water partition coefficient (Wildman–Crippen LogP) is 2.61. The Kier molecular flexibility index (Phi) is 2.88. The quantitative estimate of drug-likeness (QED) is 0.643. The zero-order chi connectivity index (χ0) is 9.14. The van der Waals surface area contributed by atoms with E-state index in [1.165, 1.54) is 0 Å². The Morgan fingerprint density at radius 1 is 1.33 bits per heavy atom. The second kappa shape index (κ2) is 3.72. The van der Waals surface area contributed by atoms with E-state index in [2.05, 4.69) is 0 Å². The van der Waals surface area contributed by atoms with Gasteiger partial charge in [0.2, 0.25) is 5.24 Å². The van der Waals surface area contributed by atoms with Crippen LogP contribution in [0.25, 0.3) is 0 Å². The molecule has 0 saturated heterocycles. The van der Waals surface area contributed by atoms with Crippen LogP contribution in [-0.2, 0) is 11.2 Å². The molecule has 0 unspecified atom stereocenters. The van der Waals surface area contributed by atoms with Gasteiger partial charge in [-0.1, -0.05) is 18.2 Å². The van der Waals surface area contributed by atoms with Gasteiger partial charge in [0.25, 0.3) is 0 Å². The highest BCUT2D eigenvalue weighted by Gasteiger charge is 2.05.